The first kappa shape index (κ1) is 5.78. The van der Waals surface area contributed by atoms with E-state index in [9.17, 15) is 0 Å². The van der Waals surface area contributed by atoms with Crippen LogP contribution in [0.4, 0.5) is 5.69 Å². The lowest BCUT2D eigenvalue weighted by molar-refractivity contribution is 0.618. The summed E-state index contributed by atoms with van der Waals surface area (Å²) >= 11 is 0. The van der Waals surface area contributed by atoms with Crippen LogP contribution in [0.25, 0.3) is 0 Å². The lowest BCUT2D eigenvalue weighted by Gasteiger charge is -2.32. The molecular weight excluding hydrogens is 122 g/mol. The molecule has 1 aromatic rings. The van der Waals surface area contributed by atoms with E-state index in [-0.39, 0.29) is 0 Å². The summed E-state index contributed by atoms with van der Waals surface area (Å²) in [6.07, 6.45) is 1.34. The fraction of sp³-hybridized carbons (Fsp3) is 0.333. The topological polar surface area (TPSA) is 3.24 Å². The monoisotopic (exact) mass is 132 g/mol. The molecule has 1 radical (unpaired) electrons. The molecule has 0 unspecified atom stereocenters. The van der Waals surface area contributed by atoms with Crippen LogP contribution in [-0.4, -0.2) is 13.1 Å². The predicted octanol–water partition coefficient (Wildman–Crippen LogP) is 1.70. The van der Waals surface area contributed by atoms with Gasteiger partial charge in [-0.05, 0) is 24.6 Å². The Hall–Kier alpha value is -0.980. The van der Waals surface area contributed by atoms with Crippen LogP contribution in [0.3, 0.4) is 0 Å². The van der Waals surface area contributed by atoms with Gasteiger partial charge in [-0.15, -0.1) is 0 Å². The van der Waals surface area contributed by atoms with Gasteiger partial charge in [0.15, 0.2) is 0 Å². The van der Waals surface area contributed by atoms with Gasteiger partial charge in [-0.3, -0.25) is 0 Å². The van der Waals surface area contributed by atoms with Gasteiger partial charge in [-0.2, -0.15) is 0 Å². The van der Waals surface area contributed by atoms with Crippen molar-refractivity contribution in [3.8, 4) is 0 Å². The third-order valence-corrected chi connectivity index (χ3v) is 1.91. The standard InChI is InChI=1S/C9H10N/c1-2-5-9(6-3-1)10-7-4-8-10/h1-2,5-6H,4,7-8H2. The minimum absolute atomic E-state index is 1.22. The van der Waals surface area contributed by atoms with Crippen LogP contribution in [0.2, 0.25) is 0 Å². The van der Waals surface area contributed by atoms with E-state index in [1.807, 2.05) is 18.2 Å². The highest BCUT2D eigenvalue weighted by molar-refractivity contribution is 5.47. The second kappa shape index (κ2) is 2.33. The molecule has 1 nitrogen and oxygen atoms in total. The number of rotatable bonds is 1. The molecule has 0 aromatic heterocycles. The van der Waals surface area contributed by atoms with E-state index < -0.39 is 0 Å². The molecule has 10 heavy (non-hydrogen) atoms. The largest absolute Gasteiger partial charge is 0.371 e. The van der Waals surface area contributed by atoms with Crippen molar-refractivity contribution in [1.82, 2.24) is 0 Å². The first-order chi connectivity index (χ1) is 4.97. The Kier molecular flexibility index (Phi) is 1.35. The second-order valence-corrected chi connectivity index (χ2v) is 2.60. The molecular formula is C9H10N. The molecule has 1 heterocycles. The van der Waals surface area contributed by atoms with Crippen molar-refractivity contribution in [1.29, 1.82) is 0 Å². The Morgan fingerprint density at radius 3 is 2.80 bits per heavy atom. The molecule has 1 saturated heterocycles. The number of hydrogen-bond donors (Lipinski definition) is 0. The van der Waals surface area contributed by atoms with E-state index in [4.69, 9.17) is 0 Å². The van der Waals surface area contributed by atoms with Crippen molar-refractivity contribution in [2.24, 2.45) is 0 Å². The van der Waals surface area contributed by atoms with Gasteiger partial charge in [-0.1, -0.05) is 12.1 Å². The van der Waals surface area contributed by atoms with Gasteiger partial charge in [0.1, 0.15) is 0 Å². The molecule has 0 atom stereocenters. The summed E-state index contributed by atoms with van der Waals surface area (Å²) < 4.78 is 0. The minimum Gasteiger partial charge on any atom is -0.371 e. The predicted molar refractivity (Wildman–Crippen MR) is 42.1 cm³/mol. The number of hydrogen-bond acceptors (Lipinski definition) is 1. The molecule has 0 bridgehead atoms. The normalized spacial score (nSPS) is 16.6. The molecule has 1 fully saturated rings. The van der Waals surface area contributed by atoms with E-state index in [1.54, 1.807) is 0 Å². The molecule has 0 amide bonds. The van der Waals surface area contributed by atoms with E-state index in [2.05, 4.69) is 17.0 Å². The van der Waals surface area contributed by atoms with Gasteiger partial charge in [0, 0.05) is 18.8 Å². The smallest absolute Gasteiger partial charge is 0.0372 e. The second-order valence-electron chi connectivity index (χ2n) is 2.60. The zero-order chi connectivity index (χ0) is 6.81. The zero-order valence-electron chi connectivity index (χ0n) is 5.88. The number of nitrogens with zero attached hydrogens (tertiary/aromatic N) is 1. The van der Waals surface area contributed by atoms with Gasteiger partial charge < -0.3 is 4.90 Å². The van der Waals surface area contributed by atoms with Crippen molar-refractivity contribution in [2.75, 3.05) is 18.0 Å². The minimum atomic E-state index is 1.22. The van der Waals surface area contributed by atoms with E-state index in [0.29, 0.717) is 0 Å². The zero-order valence-corrected chi connectivity index (χ0v) is 5.88. The molecule has 0 aliphatic carbocycles. The average molecular weight is 132 g/mol. The lowest BCUT2D eigenvalue weighted by atomic mass is 10.2. The maximum Gasteiger partial charge on any atom is 0.0372 e. The van der Waals surface area contributed by atoms with Crippen molar-refractivity contribution < 1.29 is 0 Å². The van der Waals surface area contributed by atoms with Crippen molar-refractivity contribution >= 4 is 5.69 Å². The molecule has 0 N–H and O–H groups in total. The summed E-state index contributed by atoms with van der Waals surface area (Å²) in [6, 6.07) is 11.2. The number of anilines is 1. The van der Waals surface area contributed by atoms with Crippen LogP contribution in [-0.2, 0) is 0 Å². The van der Waals surface area contributed by atoms with E-state index in [0.717, 1.165) is 0 Å². The third-order valence-electron chi connectivity index (χ3n) is 1.91. The maximum atomic E-state index is 3.07. The van der Waals surface area contributed by atoms with E-state index >= 15 is 0 Å². The van der Waals surface area contributed by atoms with Gasteiger partial charge in [-0.25, -0.2) is 0 Å². The van der Waals surface area contributed by atoms with Crippen LogP contribution in [0.5, 0.6) is 0 Å². The SMILES string of the molecule is [c]1cccc(N2CCC2)c1. The van der Waals surface area contributed by atoms with Gasteiger partial charge >= 0.3 is 0 Å². The Morgan fingerprint density at radius 2 is 2.30 bits per heavy atom. The fourth-order valence-corrected chi connectivity index (χ4v) is 1.15. The molecule has 1 aliphatic heterocycles. The highest BCUT2D eigenvalue weighted by Crippen LogP contribution is 2.18. The maximum absolute atomic E-state index is 3.07. The molecule has 1 aliphatic rings. The summed E-state index contributed by atoms with van der Waals surface area (Å²) in [5.74, 6) is 0. The van der Waals surface area contributed by atoms with Crippen molar-refractivity contribution in [2.45, 2.75) is 6.42 Å². The quantitative estimate of drug-likeness (QED) is 0.562. The third kappa shape index (κ3) is 0.878. The average Bonchev–Trinajstić information content (AvgIpc) is 1.86. The Bertz CT molecular complexity index is 201. The van der Waals surface area contributed by atoms with Crippen LogP contribution in [0, 0.1) is 6.07 Å². The molecule has 51 valence electrons. The first-order valence-electron chi connectivity index (χ1n) is 3.68. The summed E-state index contributed by atoms with van der Waals surface area (Å²) in [5.41, 5.74) is 1.31. The molecule has 0 spiro atoms. The molecule has 2 rings (SSSR count). The van der Waals surface area contributed by atoms with Crippen LogP contribution in [0.1, 0.15) is 6.42 Å². The van der Waals surface area contributed by atoms with Gasteiger partial charge in [0.2, 0.25) is 0 Å². The fourth-order valence-electron chi connectivity index (χ4n) is 1.15. The molecule has 0 saturated carbocycles. The lowest BCUT2D eigenvalue weighted by Crippen LogP contribution is -2.36. The highest BCUT2D eigenvalue weighted by Gasteiger charge is 2.12. The highest BCUT2D eigenvalue weighted by atomic mass is 15.2. The molecule has 1 aromatic carbocycles. The van der Waals surface area contributed by atoms with Gasteiger partial charge in [0.25, 0.3) is 0 Å². The Morgan fingerprint density at radius 1 is 1.40 bits per heavy atom. The Labute approximate surface area is 61.3 Å². The van der Waals surface area contributed by atoms with Crippen molar-refractivity contribution in [3.05, 3.63) is 30.3 Å². The summed E-state index contributed by atoms with van der Waals surface area (Å²) in [4.78, 5) is 2.36. The van der Waals surface area contributed by atoms with E-state index in [1.165, 1.54) is 25.2 Å². The van der Waals surface area contributed by atoms with Crippen LogP contribution in [0.15, 0.2) is 24.3 Å². The summed E-state index contributed by atoms with van der Waals surface area (Å²) in [5, 5.41) is 0. The summed E-state index contributed by atoms with van der Waals surface area (Å²) in [6.45, 7) is 2.44. The van der Waals surface area contributed by atoms with Gasteiger partial charge in [0.05, 0.1) is 0 Å². The van der Waals surface area contributed by atoms with Crippen molar-refractivity contribution in [3.63, 3.8) is 0 Å². The van der Waals surface area contributed by atoms with Crippen LogP contribution >= 0.6 is 0 Å². The first-order valence-corrected chi connectivity index (χ1v) is 3.68. The van der Waals surface area contributed by atoms with Crippen LogP contribution < -0.4 is 4.90 Å². The molecule has 1 heteroatoms. The Balaban J connectivity index is 2.18. The number of benzene rings is 1. The summed E-state index contributed by atoms with van der Waals surface area (Å²) in [7, 11) is 0.